The summed E-state index contributed by atoms with van der Waals surface area (Å²) in [5.74, 6) is 0.314. The average Bonchev–Trinajstić information content (AvgIpc) is 2.32. The Kier molecular flexibility index (Phi) is 5.41. The Hall–Kier alpha value is -0.600. The van der Waals surface area contributed by atoms with E-state index in [-0.39, 0.29) is 24.3 Å². The fourth-order valence-corrected chi connectivity index (χ4v) is 2.67. The van der Waals surface area contributed by atoms with Crippen LogP contribution in [0.5, 0.6) is 0 Å². The van der Waals surface area contributed by atoms with Gasteiger partial charge in [0.15, 0.2) is 0 Å². The van der Waals surface area contributed by atoms with Crippen LogP contribution in [-0.4, -0.2) is 0 Å². The highest BCUT2D eigenvalue weighted by molar-refractivity contribution is 5.85. The molecule has 0 heterocycles. The first-order valence-corrected chi connectivity index (χ1v) is 6.20. The van der Waals surface area contributed by atoms with E-state index >= 15 is 0 Å². The molecule has 0 aromatic heterocycles. The molecule has 96 valence electrons. The summed E-state index contributed by atoms with van der Waals surface area (Å²) in [4.78, 5) is 0. The van der Waals surface area contributed by atoms with Crippen LogP contribution in [0.25, 0.3) is 0 Å². The number of hydrogen-bond donors (Lipinski definition) is 1. The highest BCUT2D eigenvalue weighted by Crippen LogP contribution is 2.33. The van der Waals surface area contributed by atoms with Gasteiger partial charge in [0.05, 0.1) is 0 Å². The summed E-state index contributed by atoms with van der Waals surface area (Å²) >= 11 is 0. The lowest BCUT2D eigenvalue weighted by Gasteiger charge is -2.28. The first kappa shape index (κ1) is 14.5. The molecule has 0 radical (unpaired) electrons. The van der Waals surface area contributed by atoms with Gasteiger partial charge in [-0.1, -0.05) is 37.0 Å². The van der Waals surface area contributed by atoms with E-state index < -0.39 is 0 Å². The highest BCUT2D eigenvalue weighted by atomic mass is 35.5. The minimum atomic E-state index is -0.149. The van der Waals surface area contributed by atoms with Crippen LogP contribution in [0.1, 0.15) is 49.3 Å². The van der Waals surface area contributed by atoms with Gasteiger partial charge in [0.1, 0.15) is 5.82 Å². The van der Waals surface area contributed by atoms with Crippen molar-refractivity contribution in [2.24, 2.45) is 11.7 Å². The Bertz CT molecular complexity index is 361. The molecule has 1 aliphatic carbocycles. The van der Waals surface area contributed by atoms with Crippen molar-refractivity contribution in [3.8, 4) is 0 Å². The van der Waals surface area contributed by atoms with E-state index in [1.807, 2.05) is 13.0 Å². The van der Waals surface area contributed by atoms with Gasteiger partial charge in [-0.2, -0.15) is 0 Å². The molecular weight excluding hydrogens is 237 g/mol. The van der Waals surface area contributed by atoms with Gasteiger partial charge in [-0.15, -0.1) is 12.4 Å². The summed E-state index contributed by atoms with van der Waals surface area (Å²) in [7, 11) is 0. The topological polar surface area (TPSA) is 26.0 Å². The molecule has 17 heavy (non-hydrogen) atoms. The summed E-state index contributed by atoms with van der Waals surface area (Å²) in [5.41, 5.74) is 7.99. The van der Waals surface area contributed by atoms with Crippen LogP contribution in [0.2, 0.25) is 0 Å². The van der Waals surface area contributed by atoms with E-state index in [0.29, 0.717) is 11.5 Å². The standard InChI is InChI=1S/C14H20FN.ClH/c1-10-7-8-13(15)12(9-10)14(16)11-5-3-2-4-6-11;/h7-9,11,14H,2-6,16H2,1H3;1H/t14-;/m1./s1. The molecule has 1 aromatic rings. The molecule has 0 bridgehead atoms. The molecule has 0 aliphatic heterocycles. The van der Waals surface area contributed by atoms with Gasteiger partial charge in [0.25, 0.3) is 0 Å². The van der Waals surface area contributed by atoms with Crippen molar-refractivity contribution in [1.29, 1.82) is 0 Å². The van der Waals surface area contributed by atoms with Crippen LogP contribution in [-0.2, 0) is 0 Å². The Morgan fingerprint density at radius 2 is 1.88 bits per heavy atom. The SMILES string of the molecule is Cc1ccc(F)c([C@H](N)C2CCCCC2)c1.Cl. The molecule has 0 saturated heterocycles. The molecule has 2 N–H and O–H groups in total. The Balaban J connectivity index is 0.00000144. The predicted octanol–water partition coefficient (Wildman–Crippen LogP) is 4.14. The van der Waals surface area contributed by atoms with E-state index in [2.05, 4.69) is 0 Å². The third kappa shape index (κ3) is 3.43. The lowest BCUT2D eigenvalue weighted by atomic mass is 9.81. The van der Waals surface area contributed by atoms with Gasteiger partial charge in [-0.25, -0.2) is 4.39 Å². The highest BCUT2D eigenvalue weighted by Gasteiger charge is 2.23. The molecular formula is C14H21ClFN. The first-order chi connectivity index (χ1) is 7.68. The van der Waals surface area contributed by atoms with Gasteiger partial charge in [-0.05, 0) is 31.7 Å². The largest absolute Gasteiger partial charge is 0.324 e. The molecule has 0 unspecified atom stereocenters. The molecule has 1 nitrogen and oxygen atoms in total. The van der Waals surface area contributed by atoms with Gasteiger partial charge >= 0.3 is 0 Å². The molecule has 0 amide bonds. The van der Waals surface area contributed by atoms with Crippen molar-refractivity contribution < 1.29 is 4.39 Å². The van der Waals surface area contributed by atoms with Crippen LogP contribution >= 0.6 is 12.4 Å². The van der Waals surface area contributed by atoms with E-state index in [9.17, 15) is 4.39 Å². The first-order valence-electron chi connectivity index (χ1n) is 6.20. The Labute approximate surface area is 109 Å². The maximum absolute atomic E-state index is 13.7. The van der Waals surface area contributed by atoms with E-state index in [0.717, 1.165) is 18.4 Å². The number of rotatable bonds is 2. The second-order valence-electron chi connectivity index (χ2n) is 4.95. The Morgan fingerprint density at radius 1 is 1.24 bits per heavy atom. The minimum Gasteiger partial charge on any atom is -0.324 e. The maximum Gasteiger partial charge on any atom is 0.127 e. The van der Waals surface area contributed by atoms with Gasteiger partial charge in [-0.3, -0.25) is 0 Å². The number of nitrogens with two attached hydrogens (primary N) is 1. The summed E-state index contributed by atoms with van der Waals surface area (Å²) in [6, 6.07) is 5.11. The third-order valence-corrected chi connectivity index (χ3v) is 3.67. The van der Waals surface area contributed by atoms with Crippen molar-refractivity contribution in [2.75, 3.05) is 0 Å². The zero-order valence-corrected chi connectivity index (χ0v) is 11.1. The monoisotopic (exact) mass is 257 g/mol. The fraction of sp³-hybridized carbons (Fsp3) is 0.571. The van der Waals surface area contributed by atoms with Crippen LogP contribution in [0, 0.1) is 18.7 Å². The van der Waals surface area contributed by atoms with E-state index in [1.165, 1.54) is 25.3 Å². The smallest absolute Gasteiger partial charge is 0.127 e. The lowest BCUT2D eigenvalue weighted by molar-refractivity contribution is 0.303. The van der Waals surface area contributed by atoms with Crippen LogP contribution in [0.3, 0.4) is 0 Å². The zero-order valence-electron chi connectivity index (χ0n) is 10.3. The molecule has 1 aromatic carbocycles. The summed E-state index contributed by atoms with van der Waals surface area (Å²) < 4.78 is 13.7. The lowest BCUT2D eigenvalue weighted by Crippen LogP contribution is -2.24. The predicted molar refractivity (Wildman–Crippen MR) is 71.9 cm³/mol. The molecule has 3 heteroatoms. The normalized spacial score (nSPS) is 18.5. The van der Waals surface area contributed by atoms with Gasteiger partial charge < -0.3 is 5.73 Å². The quantitative estimate of drug-likeness (QED) is 0.847. The zero-order chi connectivity index (χ0) is 11.5. The maximum atomic E-state index is 13.7. The summed E-state index contributed by atoms with van der Waals surface area (Å²) in [5, 5.41) is 0. The van der Waals surface area contributed by atoms with Crippen molar-refractivity contribution in [3.05, 3.63) is 35.1 Å². The van der Waals surface area contributed by atoms with Crippen molar-refractivity contribution >= 4 is 12.4 Å². The average molecular weight is 258 g/mol. The van der Waals surface area contributed by atoms with Crippen LogP contribution in [0.15, 0.2) is 18.2 Å². The minimum absolute atomic E-state index is 0. The molecule has 1 saturated carbocycles. The second kappa shape index (κ2) is 6.36. The number of halogens is 2. The van der Waals surface area contributed by atoms with Crippen molar-refractivity contribution in [3.63, 3.8) is 0 Å². The summed E-state index contributed by atoms with van der Waals surface area (Å²) in [6.07, 6.45) is 6.08. The molecule has 1 aliphatic rings. The molecule has 2 rings (SSSR count). The molecule has 0 spiro atoms. The van der Waals surface area contributed by atoms with Crippen molar-refractivity contribution in [1.82, 2.24) is 0 Å². The molecule has 1 atom stereocenters. The number of benzene rings is 1. The van der Waals surface area contributed by atoms with E-state index in [1.54, 1.807) is 6.07 Å². The van der Waals surface area contributed by atoms with Crippen LogP contribution < -0.4 is 5.73 Å². The van der Waals surface area contributed by atoms with Crippen molar-refractivity contribution in [2.45, 2.75) is 45.1 Å². The molecule has 1 fully saturated rings. The van der Waals surface area contributed by atoms with Gasteiger partial charge in [0, 0.05) is 11.6 Å². The fourth-order valence-electron chi connectivity index (χ4n) is 2.67. The number of aryl methyl sites for hydroxylation is 1. The Morgan fingerprint density at radius 3 is 2.53 bits per heavy atom. The van der Waals surface area contributed by atoms with Crippen LogP contribution in [0.4, 0.5) is 4.39 Å². The number of hydrogen-bond acceptors (Lipinski definition) is 1. The summed E-state index contributed by atoms with van der Waals surface area (Å²) in [6.45, 7) is 1.98. The third-order valence-electron chi connectivity index (χ3n) is 3.67. The van der Waals surface area contributed by atoms with Gasteiger partial charge in [0.2, 0.25) is 0 Å². The van der Waals surface area contributed by atoms with E-state index in [4.69, 9.17) is 5.73 Å². The second-order valence-corrected chi connectivity index (χ2v) is 4.95.